The lowest BCUT2D eigenvalue weighted by atomic mass is 10.1. The number of hydrogen-bond acceptors (Lipinski definition) is 9. The van der Waals surface area contributed by atoms with Crippen molar-refractivity contribution in [2.45, 2.75) is 13.5 Å². The molecule has 0 unspecified atom stereocenters. The fraction of sp³-hybridized carbons (Fsp3) is 0.267. The number of nitrogens with zero attached hydrogens (tertiary/aromatic N) is 4. The molecule has 41 heavy (non-hydrogen) atoms. The van der Waals surface area contributed by atoms with Gasteiger partial charge in [-0.05, 0) is 55.0 Å². The molecule has 4 aromatic rings. The number of hydrogen-bond donors (Lipinski definition) is 2. The highest BCUT2D eigenvalue weighted by atomic mass is 35.5. The second-order valence-corrected chi connectivity index (χ2v) is 9.86. The minimum absolute atomic E-state index is 0.349. The zero-order chi connectivity index (χ0) is 28.6. The summed E-state index contributed by atoms with van der Waals surface area (Å²) in [5, 5.41) is 7.29. The molecule has 0 atom stereocenters. The van der Waals surface area contributed by atoms with Crippen molar-refractivity contribution in [3.63, 3.8) is 0 Å². The van der Waals surface area contributed by atoms with Gasteiger partial charge < -0.3 is 24.8 Å². The Morgan fingerprint density at radius 3 is 2.73 bits per heavy atom. The van der Waals surface area contributed by atoms with E-state index in [4.69, 9.17) is 25.8 Å². The molecule has 11 heteroatoms. The molecule has 2 aromatic heterocycles. The number of carbonyl (C=O) groups excluding carboxylic acids is 1. The Morgan fingerprint density at radius 1 is 1.10 bits per heavy atom. The van der Waals surface area contributed by atoms with Crippen molar-refractivity contribution < 1.29 is 19.0 Å². The van der Waals surface area contributed by atoms with Gasteiger partial charge in [-0.15, -0.1) is 0 Å². The minimum atomic E-state index is -0.349. The Bertz CT molecular complexity index is 1540. The molecule has 5 rings (SSSR count). The van der Waals surface area contributed by atoms with Crippen LogP contribution in [0.15, 0.2) is 67.6 Å². The number of amides is 1. The molecular weight excluding hydrogens is 544 g/mol. The second kappa shape index (κ2) is 13.4. The van der Waals surface area contributed by atoms with Gasteiger partial charge in [-0.1, -0.05) is 18.2 Å². The van der Waals surface area contributed by atoms with E-state index in [1.165, 1.54) is 12.4 Å². The van der Waals surface area contributed by atoms with E-state index in [1.807, 2.05) is 25.1 Å². The van der Waals surface area contributed by atoms with Crippen molar-refractivity contribution in [1.82, 2.24) is 19.9 Å². The lowest BCUT2D eigenvalue weighted by Gasteiger charge is -2.26. The summed E-state index contributed by atoms with van der Waals surface area (Å²) in [7, 11) is 0. The van der Waals surface area contributed by atoms with Gasteiger partial charge in [0.15, 0.2) is 0 Å². The van der Waals surface area contributed by atoms with Crippen molar-refractivity contribution in [2.24, 2.45) is 0 Å². The highest BCUT2D eigenvalue weighted by Crippen LogP contribution is 2.35. The summed E-state index contributed by atoms with van der Waals surface area (Å²) < 4.78 is 17.4. The molecule has 1 aliphatic heterocycles. The molecule has 1 fully saturated rings. The predicted octanol–water partition coefficient (Wildman–Crippen LogP) is 5.14. The van der Waals surface area contributed by atoms with Gasteiger partial charge >= 0.3 is 0 Å². The number of morpholine rings is 1. The summed E-state index contributed by atoms with van der Waals surface area (Å²) >= 11 is 6.54. The maximum Gasteiger partial charge on any atom is 0.247 e. The average molecular weight is 575 g/mol. The Hall–Kier alpha value is -4.25. The molecule has 1 saturated heterocycles. The molecular formula is C30H31ClN6O4. The molecule has 0 aliphatic carbocycles. The highest BCUT2D eigenvalue weighted by Gasteiger charge is 2.15. The number of nitrogens with one attached hydrogen (secondary N) is 2. The van der Waals surface area contributed by atoms with Crippen LogP contribution in [0.4, 0.5) is 17.2 Å². The Morgan fingerprint density at radius 2 is 1.95 bits per heavy atom. The Kier molecular flexibility index (Phi) is 9.25. The van der Waals surface area contributed by atoms with Gasteiger partial charge in [0.1, 0.15) is 36.9 Å². The fourth-order valence-corrected chi connectivity index (χ4v) is 4.62. The summed E-state index contributed by atoms with van der Waals surface area (Å²) in [6.07, 6.45) is 4.44. The van der Waals surface area contributed by atoms with Crippen LogP contribution in [0.2, 0.25) is 5.02 Å². The van der Waals surface area contributed by atoms with E-state index < -0.39 is 0 Å². The fourth-order valence-electron chi connectivity index (χ4n) is 4.38. The van der Waals surface area contributed by atoms with E-state index >= 15 is 0 Å². The van der Waals surface area contributed by atoms with Crippen LogP contribution in [0.25, 0.3) is 10.9 Å². The summed E-state index contributed by atoms with van der Waals surface area (Å²) in [5.74, 6) is 1.27. The van der Waals surface area contributed by atoms with Gasteiger partial charge in [0, 0.05) is 48.7 Å². The molecule has 1 amide bonds. The number of rotatable bonds is 11. The van der Waals surface area contributed by atoms with Gasteiger partial charge in [-0.2, -0.15) is 0 Å². The zero-order valence-electron chi connectivity index (χ0n) is 22.7. The molecule has 2 aromatic carbocycles. The van der Waals surface area contributed by atoms with E-state index in [0.29, 0.717) is 57.8 Å². The van der Waals surface area contributed by atoms with Crippen LogP contribution in [0, 0.1) is 6.92 Å². The highest BCUT2D eigenvalue weighted by molar-refractivity contribution is 6.32. The number of aryl methyl sites for hydroxylation is 1. The summed E-state index contributed by atoms with van der Waals surface area (Å²) in [6, 6.07) is 12.9. The number of aromatic nitrogens is 3. The number of halogens is 1. The molecule has 0 saturated carbocycles. The number of carbonyl (C=O) groups is 1. The average Bonchev–Trinajstić information content (AvgIpc) is 2.98. The molecule has 0 radical (unpaired) electrons. The van der Waals surface area contributed by atoms with E-state index in [-0.39, 0.29) is 5.91 Å². The first-order chi connectivity index (χ1) is 20.0. The standard InChI is InChI=1S/C30H31ClN6O4/c1-3-29(38)36-26-16-23-25(17-28(26)40-13-10-37-8-11-39-12-9-37)33-19-34-30(23)35-22-4-5-27(24(31)15-22)41-18-21-6-7-32-20(2)14-21/h3-7,14-17,19H,1,8-13,18H2,2H3,(H,36,38)(H,33,34,35). The van der Waals surface area contributed by atoms with E-state index in [1.54, 1.807) is 30.5 Å². The molecule has 2 N–H and O–H groups in total. The third-order valence-corrected chi connectivity index (χ3v) is 6.79. The number of benzene rings is 2. The first kappa shape index (κ1) is 28.3. The van der Waals surface area contributed by atoms with E-state index in [9.17, 15) is 4.79 Å². The van der Waals surface area contributed by atoms with Crippen molar-refractivity contribution in [3.05, 3.63) is 83.9 Å². The van der Waals surface area contributed by atoms with Crippen LogP contribution in [0.5, 0.6) is 11.5 Å². The van der Waals surface area contributed by atoms with Crippen molar-refractivity contribution in [2.75, 3.05) is 50.1 Å². The summed E-state index contributed by atoms with van der Waals surface area (Å²) in [5.41, 5.74) is 3.79. The number of fused-ring (bicyclic) bond motifs is 1. The normalized spacial score (nSPS) is 13.5. The second-order valence-electron chi connectivity index (χ2n) is 9.45. The maximum atomic E-state index is 12.2. The Balaban J connectivity index is 1.33. The molecule has 0 spiro atoms. The first-order valence-corrected chi connectivity index (χ1v) is 13.6. The minimum Gasteiger partial charge on any atom is -0.490 e. The maximum absolute atomic E-state index is 12.2. The molecule has 0 bridgehead atoms. The summed E-state index contributed by atoms with van der Waals surface area (Å²) in [4.78, 5) is 27.6. The summed E-state index contributed by atoms with van der Waals surface area (Å²) in [6.45, 7) is 10.2. The largest absolute Gasteiger partial charge is 0.490 e. The molecule has 10 nitrogen and oxygen atoms in total. The quantitative estimate of drug-likeness (QED) is 0.235. The Labute approximate surface area is 243 Å². The van der Waals surface area contributed by atoms with E-state index in [2.05, 4.69) is 37.1 Å². The van der Waals surface area contributed by atoms with Crippen LogP contribution in [-0.2, 0) is 16.1 Å². The van der Waals surface area contributed by atoms with Gasteiger partial charge in [0.2, 0.25) is 5.91 Å². The van der Waals surface area contributed by atoms with Crippen LogP contribution in [0.1, 0.15) is 11.3 Å². The van der Waals surface area contributed by atoms with Crippen LogP contribution in [0.3, 0.4) is 0 Å². The van der Waals surface area contributed by atoms with Crippen molar-refractivity contribution in [1.29, 1.82) is 0 Å². The van der Waals surface area contributed by atoms with E-state index in [0.717, 1.165) is 44.1 Å². The number of pyridine rings is 1. The third-order valence-electron chi connectivity index (χ3n) is 6.50. The van der Waals surface area contributed by atoms with Gasteiger partial charge in [-0.3, -0.25) is 14.7 Å². The first-order valence-electron chi connectivity index (χ1n) is 13.2. The van der Waals surface area contributed by atoms with Crippen LogP contribution < -0.4 is 20.1 Å². The topological polar surface area (TPSA) is 111 Å². The van der Waals surface area contributed by atoms with Crippen molar-refractivity contribution in [3.8, 4) is 11.5 Å². The van der Waals surface area contributed by atoms with Crippen LogP contribution in [-0.4, -0.2) is 65.2 Å². The van der Waals surface area contributed by atoms with Gasteiger partial charge in [0.25, 0.3) is 0 Å². The third kappa shape index (κ3) is 7.49. The SMILES string of the molecule is C=CC(=O)Nc1cc2c(Nc3ccc(OCc4ccnc(C)c4)c(Cl)c3)ncnc2cc1OCCN1CCOCC1. The van der Waals surface area contributed by atoms with Gasteiger partial charge in [-0.25, -0.2) is 9.97 Å². The molecule has 3 heterocycles. The lowest BCUT2D eigenvalue weighted by molar-refractivity contribution is -0.111. The number of anilines is 3. The molecule has 1 aliphatic rings. The monoisotopic (exact) mass is 574 g/mol. The zero-order valence-corrected chi connectivity index (χ0v) is 23.5. The number of ether oxygens (including phenoxy) is 3. The van der Waals surface area contributed by atoms with Crippen molar-refractivity contribution >= 4 is 45.6 Å². The lowest BCUT2D eigenvalue weighted by Crippen LogP contribution is -2.38. The smallest absolute Gasteiger partial charge is 0.247 e. The van der Waals surface area contributed by atoms with Gasteiger partial charge in [0.05, 0.1) is 29.4 Å². The molecule has 212 valence electrons. The van der Waals surface area contributed by atoms with Crippen LogP contribution >= 0.6 is 11.6 Å². The predicted molar refractivity (Wildman–Crippen MR) is 159 cm³/mol.